The molecule has 0 bridgehead atoms. The molecule has 0 radical (unpaired) electrons. The summed E-state index contributed by atoms with van der Waals surface area (Å²) in [7, 11) is 4.48. The van der Waals surface area contributed by atoms with Crippen molar-refractivity contribution >= 4 is 0 Å². The molecule has 0 saturated heterocycles. The van der Waals surface area contributed by atoms with E-state index in [0.29, 0.717) is 0 Å². The fourth-order valence-corrected chi connectivity index (χ4v) is 1.60. The van der Waals surface area contributed by atoms with Gasteiger partial charge in [-0.1, -0.05) is 13.0 Å². The summed E-state index contributed by atoms with van der Waals surface area (Å²) in [5.74, 6) is 2.32. The topological polar surface area (TPSA) is 12.5 Å². The fourth-order valence-electron chi connectivity index (χ4n) is 1.60. The number of hydrogen-bond donors (Lipinski definition) is 0. The van der Waals surface area contributed by atoms with Gasteiger partial charge in [-0.2, -0.15) is 0 Å². The average Bonchev–Trinajstić information content (AvgIpc) is 2.67. The van der Waals surface area contributed by atoms with Crippen LogP contribution in [-0.2, 0) is 4.74 Å². The van der Waals surface area contributed by atoms with Crippen molar-refractivity contribution in [1.29, 1.82) is 0 Å². The first-order chi connectivity index (χ1) is 6.09. The number of ether oxygens (including phenoxy) is 1. The second-order valence-electron chi connectivity index (χ2n) is 4.26. The maximum Gasteiger partial charge on any atom is 0.196 e. The highest BCUT2D eigenvalue weighted by Crippen LogP contribution is 2.30. The Morgan fingerprint density at radius 2 is 2.00 bits per heavy atom. The fraction of sp³-hybridized carbons (Fsp3) is 0.636. The molecule has 1 aliphatic rings. The summed E-state index contributed by atoms with van der Waals surface area (Å²) in [5.41, 5.74) is 0. The third-order valence-electron chi connectivity index (χ3n) is 2.25. The first-order valence-electron chi connectivity index (χ1n) is 4.92. The standard InChI is InChI=1S/C11H20NO.ClH/c1-5-7-10-11(13-10)9-12(3,4)8-6-2;/h5H,1,6-9H2,2-4H3;1H/q+1;/p-1. The lowest BCUT2D eigenvalue weighted by molar-refractivity contribution is -0.886. The predicted molar refractivity (Wildman–Crippen MR) is 55.1 cm³/mol. The van der Waals surface area contributed by atoms with Gasteiger partial charge in [0.05, 0.1) is 20.6 Å². The second kappa shape index (κ2) is 5.42. The summed E-state index contributed by atoms with van der Waals surface area (Å²) in [5, 5.41) is 0. The summed E-state index contributed by atoms with van der Waals surface area (Å²) in [6.07, 6.45) is 4.00. The molecule has 3 heteroatoms. The zero-order valence-corrected chi connectivity index (χ0v) is 10.1. The van der Waals surface area contributed by atoms with E-state index < -0.39 is 0 Å². The van der Waals surface area contributed by atoms with E-state index in [-0.39, 0.29) is 12.4 Å². The molecule has 0 N–H and O–H groups in total. The first-order valence-corrected chi connectivity index (χ1v) is 4.92. The molecule has 14 heavy (non-hydrogen) atoms. The molecule has 0 aromatic carbocycles. The largest absolute Gasteiger partial charge is 1.00 e. The Morgan fingerprint density at radius 1 is 1.36 bits per heavy atom. The Hall–Kier alpha value is -0.470. The quantitative estimate of drug-likeness (QED) is 0.423. The maximum absolute atomic E-state index is 5.39. The SMILES string of the molecule is C=CCC1=C(C[N+](C)(C)CCC)O1.[Cl-]. The van der Waals surface area contributed by atoms with Crippen LogP contribution < -0.4 is 12.4 Å². The average molecular weight is 218 g/mol. The van der Waals surface area contributed by atoms with Crippen LogP contribution in [-0.4, -0.2) is 31.7 Å². The molecule has 0 saturated carbocycles. The minimum atomic E-state index is 0. The normalized spacial score (nSPS) is 14.5. The highest BCUT2D eigenvalue weighted by molar-refractivity contribution is 5.20. The van der Waals surface area contributed by atoms with Crippen molar-refractivity contribution < 1.29 is 21.6 Å². The van der Waals surface area contributed by atoms with Crippen LogP contribution in [0.25, 0.3) is 0 Å². The van der Waals surface area contributed by atoms with Crippen LogP contribution in [0.3, 0.4) is 0 Å². The van der Waals surface area contributed by atoms with Crippen molar-refractivity contribution in [3.8, 4) is 0 Å². The molecule has 1 rings (SSSR count). The van der Waals surface area contributed by atoms with Gasteiger partial charge in [0.1, 0.15) is 6.54 Å². The summed E-state index contributed by atoms with van der Waals surface area (Å²) < 4.78 is 6.41. The predicted octanol–water partition coefficient (Wildman–Crippen LogP) is -0.705. The number of quaternary nitrogens is 1. The number of halogens is 1. The van der Waals surface area contributed by atoms with Crippen LogP contribution >= 0.6 is 0 Å². The number of nitrogens with zero attached hydrogens (tertiary/aromatic N) is 1. The van der Waals surface area contributed by atoms with Crippen molar-refractivity contribution in [2.45, 2.75) is 19.8 Å². The van der Waals surface area contributed by atoms with Crippen molar-refractivity contribution in [3.63, 3.8) is 0 Å². The number of hydrogen-bond acceptors (Lipinski definition) is 1. The van der Waals surface area contributed by atoms with E-state index in [0.717, 1.165) is 23.2 Å². The lowest BCUT2D eigenvalue weighted by Crippen LogP contribution is -3.00. The van der Waals surface area contributed by atoms with E-state index >= 15 is 0 Å². The maximum atomic E-state index is 5.39. The second-order valence-corrected chi connectivity index (χ2v) is 4.26. The molecule has 2 nitrogen and oxygen atoms in total. The first kappa shape index (κ1) is 13.5. The lowest BCUT2D eigenvalue weighted by Gasteiger charge is -2.27. The van der Waals surface area contributed by atoms with E-state index in [1.54, 1.807) is 0 Å². The van der Waals surface area contributed by atoms with Gasteiger partial charge >= 0.3 is 0 Å². The van der Waals surface area contributed by atoms with Crippen LogP contribution in [0.1, 0.15) is 19.8 Å². The Balaban J connectivity index is 0.00000169. The van der Waals surface area contributed by atoms with Gasteiger partial charge in [-0.05, 0) is 6.42 Å². The molecule has 1 aliphatic heterocycles. The van der Waals surface area contributed by atoms with Crippen LogP contribution in [0.4, 0.5) is 0 Å². The van der Waals surface area contributed by atoms with Crippen LogP contribution in [0.15, 0.2) is 24.2 Å². The molecule has 0 amide bonds. The van der Waals surface area contributed by atoms with Crippen LogP contribution in [0, 0.1) is 0 Å². The van der Waals surface area contributed by atoms with Gasteiger partial charge in [-0.15, -0.1) is 6.58 Å². The molecule has 0 aromatic rings. The molecular formula is C11H20ClNO. The van der Waals surface area contributed by atoms with E-state index in [1.165, 1.54) is 18.7 Å². The van der Waals surface area contributed by atoms with E-state index in [1.807, 2.05) is 6.08 Å². The monoisotopic (exact) mass is 217 g/mol. The minimum absolute atomic E-state index is 0. The van der Waals surface area contributed by atoms with Crippen LogP contribution in [0.2, 0.25) is 0 Å². The minimum Gasteiger partial charge on any atom is -1.00 e. The summed E-state index contributed by atoms with van der Waals surface area (Å²) >= 11 is 0. The van der Waals surface area contributed by atoms with Gasteiger partial charge in [0.25, 0.3) is 0 Å². The lowest BCUT2D eigenvalue weighted by atomic mass is 10.3. The molecule has 82 valence electrons. The third-order valence-corrected chi connectivity index (χ3v) is 2.25. The molecule has 0 aliphatic carbocycles. The summed E-state index contributed by atoms with van der Waals surface area (Å²) in [4.78, 5) is 0. The molecule has 0 atom stereocenters. The molecule has 0 fully saturated rings. The van der Waals surface area contributed by atoms with Gasteiger partial charge in [0, 0.05) is 6.42 Å². The number of likely N-dealkylation sites (N-methyl/N-ethyl adjacent to an activating group) is 1. The Labute approximate surface area is 93.2 Å². The molecule has 1 heterocycles. The van der Waals surface area contributed by atoms with Crippen molar-refractivity contribution in [2.24, 2.45) is 0 Å². The third kappa shape index (κ3) is 4.16. The smallest absolute Gasteiger partial charge is 0.196 e. The zero-order valence-electron chi connectivity index (χ0n) is 9.35. The number of allylic oxidation sites excluding steroid dienone is 1. The van der Waals surface area contributed by atoms with Gasteiger partial charge in [-0.3, -0.25) is 0 Å². The zero-order chi connectivity index (χ0) is 9.90. The van der Waals surface area contributed by atoms with Gasteiger partial charge < -0.3 is 21.6 Å². The Bertz CT molecular complexity index is 233. The number of rotatable bonds is 6. The van der Waals surface area contributed by atoms with Gasteiger partial charge in [-0.25, -0.2) is 0 Å². The van der Waals surface area contributed by atoms with Crippen molar-refractivity contribution in [3.05, 3.63) is 24.2 Å². The Kier molecular flexibility index (Phi) is 5.24. The molecule has 0 unspecified atom stereocenters. The van der Waals surface area contributed by atoms with Crippen molar-refractivity contribution in [2.75, 3.05) is 27.2 Å². The van der Waals surface area contributed by atoms with E-state index in [4.69, 9.17) is 4.74 Å². The highest BCUT2D eigenvalue weighted by Gasteiger charge is 2.30. The van der Waals surface area contributed by atoms with E-state index in [2.05, 4.69) is 27.6 Å². The molecule has 0 spiro atoms. The van der Waals surface area contributed by atoms with E-state index in [9.17, 15) is 0 Å². The summed E-state index contributed by atoms with van der Waals surface area (Å²) in [6, 6.07) is 0. The molecular weight excluding hydrogens is 198 g/mol. The van der Waals surface area contributed by atoms with Gasteiger partial charge in [0.15, 0.2) is 11.5 Å². The van der Waals surface area contributed by atoms with Crippen LogP contribution in [0.5, 0.6) is 0 Å². The summed E-state index contributed by atoms with van der Waals surface area (Å²) in [6.45, 7) is 8.13. The van der Waals surface area contributed by atoms with Crippen molar-refractivity contribution in [1.82, 2.24) is 0 Å². The van der Waals surface area contributed by atoms with Gasteiger partial charge in [0.2, 0.25) is 0 Å². The molecule has 0 aromatic heterocycles. The Morgan fingerprint density at radius 3 is 2.50 bits per heavy atom. The highest BCUT2D eigenvalue weighted by atomic mass is 35.5.